The highest BCUT2D eigenvalue weighted by Gasteiger charge is 2.28. The van der Waals surface area contributed by atoms with Crippen LogP contribution >= 0.6 is 0 Å². The second-order valence-electron chi connectivity index (χ2n) is 5.29. The second-order valence-corrected chi connectivity index (χ2v) is 7.17. The van der Waals surface area contributed by atoms with Crippen molar-refractivity contribution >= 4 is 10.0 Å². The molecule has 1 aliphatic rings. The average molecular weight is 262 g/mol. The van der Waals surface area contributed by atoms with Crippen molar-refractivity contribution in [2.75, 3.05) is 18.8 Å². The molecule has 0 bridgehead atoms. The fraction of sp³-hybridized carbons (Fsp3) is 1.00. The summed E-state index contributed by atoms with van der Waals surface area (Å²) in [4.78, 5) is 0. The third-order valence-electron chi connectivity index (χ3n) is 3.56. The van der Waals surface area contributed by atoms with Gasteiger partial charge in [0.15, 0.2) is 0 Å². The Labute approximate surface area is 106 Å². The van der Waals surface area contributed by atoms with Crippen molar-refractivity contribution in [1.29, 1.82) is 0 Å². The molecule has 0 amide bonds. The van der Waals surface area contributed by atoms with Gasteiger partial charge in [0, 0.05) is 12.6 Å². The van der Waals surface area contributed by atoms with Gasteiger partial charge >= 0.3 is 0 Å². The van der Waals surface area contributed by atoms with Gasteiger partial charge in [-0.15, -0.1) is 0 Å². The Balaban J connectivity index is 2.41. The van der Waals surface area contributed by atoms with Crippen LogP contribution in [0.15, 0.2) is 0 Å². The van der Waals surface area contributed by atoms with Gasteiger partial charge in [0.05, 0.1) is 5.75 Å². The van der Waals surface area contributed by atoms with Crippen LogP contribution in [0.2, 0.25) is 0 Å². The molecule has 4 nitrogen and oxygen atoms in total. The largest absolute Gasteiger partial charge is 0.316 e. The maximum Gasteiger partial charge on any atom is 0.213 e. The summed E-state index contributed by atoms with van der Waals surface area (Å²) in [5.74, 6) is 1.36. The van der Waals surface area contributed by atoms with E-state index in [1.807, 2.05) is 6.92 Å². The monoisotopic (exact) mass is 262 g/mol. The lowest BCUT2D eigenvalue weighted by Crippen LogP contribution is -2.44. The fourth-order valence-electron chi connectivity index (χ4n) is 2.51. The molecule has 102 valence electrons. The molecular formula is C12H26N2O2S. The highest BCUT2D eigenvalue weighted by atomic mass is 32.2. The van der Waals surface area contributed by atoms with E-state index in [0.29, 0.717) is 12.5 Å². The molecule has 2 N–H and O–H groups in total. The van der Waals surface area contributed by atoms with Gasteiger partial charge in [-0.1, -0.05) is 20.8 Å². The van der Waals surface area contributed by atoms with Crippen LogP contribution in [0.5, 0.6) is 0 Å². The minimum atomic E-state index is -3.12. The second kappa shape index (κ2) is 6.71. The third kappa shape index (κ3) is 5.36. The van der Waals surface area contributed by atoms with Crippen molar-refractivity contribution in [2.45, 2.75) is 46.1 Å². The summed E-state index contributed by atoms with van der Waals surface area (Å²) < 4.78 is 26.6. The van der Waals surface area contributed by atoms with E-state index in [2.05, 4.69) is 23.9 Å². The summed E-state index contributed by atoms with van der Waals surface area (Å²) in [6.07, 6.45) is 3.23. The van der Waals surface area contributed by atoms with Crippen LogP contribution in [-0.2, 0) is 10.0 Å². The molecule has 3 unspecified atom stereocenters. The van der Waals surface area contributed by atoms with Gasteiger partial charge < -0.3 is 5.32 Å². The predicted molar refractivity (Wildman–Crippen MR) is 71.4 cm³/mol. The third-order valence-corrected chi connectivity index (χ3v) is 4.96. The molecule has 17 heavy (non-hydrogen) atoms. The molecule has 3 atom stereocenters. The zero-order valence-corrected chi connectivity index (χ0v) is 12.0. The van der Waals surface area contributed by atoms with Crippen LogP contribution in [-0.4, -0.2) is 33.3 Å². The Hall–Kier alpha value is -0.130. The van der Waals surface area contributed by atoms with Gasteiger partial charge in [-0.3, -0.25) is 0 Å². The molecule has 0 aromatic rings. The average Bonchev–Trinajstić information content (AvgIpc) is 2.22. The SMILES string of the molecule is CCNCCS(=O)(=O)NC1CCC(C)CC1C. The smallest absolute Gasteiger partial charge is 0.213 e. The number of nitrogens with one attached hydrogen (secondary N) is 2. The van der Waals surface area contributed by atoms with Crippen molar-refractivity contribution in [2.24, 2.45) is 11.8 Å². The number of hydrogen-bond donors (Lipinski definition) is 2. The first-order valence-corrected chi connectivity index (χ1v) is 8.30. The maximum atomic E-state index is 11.8. The standard InChI is InChI=1S/C12H26N2O2S/c1-4-13-7-8-17(15,16)14-12-6-5-10(2)9-11(12)3/h10-14H,4-9H2,1-3H3. The lowest BCUT2D eigenvalue weighted by atomic mass is 9.80. The molecule has 1 aliphatic carbocycles. The van der Waals surface area contributed by atoms with Gasteiger partial charge in [-0.25, -0.2) is 13.1 Å². The molecule has 0 aliphatic heterocycles. The highest BCUT2D eigenvalue weighted by molar-refractivity contribution is 7.89. The minimum Gasteiger partial charge on any atom is -0.316 e. The van der Waals surface area contributed by atoms with E-state index in [4.69, 9.17) is 0 Å². The molecular weight excluding hydrogens is 236 g/mol. The highest BCUT2D eigenvalue weighted by Crippen LogP contribution is 2.28. The van der Waals surface area contributed by atoms with Gasteiger partial charge in [0.2, 0.25) is 10.0 Å². The Morgan fingerprint density at radius 3 is 2.53 bits per heavy atom. The van der Waals surface area contributed by atoms with E-state index in [1.54, 1.807) is 0 Å². The van der Waals surface area contributed by atoms with Gasteiger partial charge in [-0.05, 0) is 37.6 Å². The Bertz CT molecular complexity index is 316. The van der Waals surface area contributed by atoms with Crippen molar-refractivity contribution in [3.8, 4) is 0 Å². The summed E-state index contributed by atoms with van der Waals surface area (Å²) >= 11 is 0. The predicted octanol–water partition coefficient (Wildman–Crippen LogP) is 1.34. The van der Waals surface area contributed by atoms with Crippen molar-refractivity contribution in [3.05, 3.63) is 0 Å². The summed E-state index contributed by atoms with van der Waals surface area (Å²) in [7, 11) is -3.12. The van der Waals surface area contributed by atoms with E-state index in [-0.39, 0.29) is 11.8 Å². The Morgan fingerprint density at radius 1 is 1.24 bits per heavy atom. The van der Waals surface area contributed by atoms with Crippen molar-refractivity contribution in [3.63, 3.8) is 0 Å². The lowest BCUT2D eigenvalue weighted by molar-refractivity contribution is 0.249. The van der Waals surface area contributed by atoms with E-state index < -0.39 is 10.0 Å². The molecule has 0 heterocycles. The molecule has 0 radical (unpaired) electrons. The summed E-state index contributed by atoms with van der Waals surface area (Å²) in [6, 6.07) is 0.137. The molecule has 0 spiro atoms. The van der Waals surface area contributed by atoms with Crippen LogP contribution < -0.4 is 10.0 Å². The van der Waals surface area contributed by atoms with Crippen molar-refractivity contribution < 1.29 is 8.42 Å². The quantitative estimate of drug-likeness (QED) is 0.710. The zero-order chi connectivity index (χ0) is 12.9. The van der Waals surface area contributed by atoms with Gasteiger partial charge in [0.25, 0.3) is 0 Å². The Kier molecular flexibility index (Phi) is 5.89. The van der Waals surface area contributed by atoms with E-state index in [9.17, 15) is 8.42 Å². The lowest BCUT2D eigenvalue weighted by Gasteiger charge is -2.32. The fourth-order valence-corrected chi connectivity index (χ4v) is 3.86. The summed E-state index contributed by atoms with van der Waals surface area (Å²) in [6.45, 7) is 7.71. The molecule has 1 saturated carbocycles. The normalized spacial score (nSPS) is 30.4. The van der Waals surface area contributed by atoms with Crippen LogP contribution in [0.1, 0.15) is 40.0 Å². The van der Waals surface area contributed by atoms with Crippen LogP contribution in [0.4, 0.5) is 0 Å². The zero-order valence-electron chi connectivity index (χ0n) is 11.2. The molecule has 0 saturated heterocycles. The van der Waals surface area contributed by atoms with Crippen molar-refractivity contribution in [1.82, 2.24) is 10.0 Å². The van der Waals surface area contributed by atoms with E-state index in [1.165, 1.54) is 0 Å². The van der Waals surface area contributed by atoms with E-state index in [0.717, 1.165) is 31.7 Å². The molecule has 1 fully saturated rings. The van der Waals surface area contributed by atoms with Crippen LogP contribution in [0, 0.1) is 11.8 Å². The minimum absolute atomic E-state index is 0.137. The molecule has 0 aromatic heterocycles. The first-order valence-electron chi connectivity index (χ1n) is 6.65. The Morgan fingerprint density at radius 2 is 1.94 bits per heavy atom. The number of rotatable bonds is 6. The topological polar surface area (TPSA) is 58.2 Å². The van der Waals surface area contributed by atoms with Gasteiger partial charge in [-0.2, -0.15) is 0 Å². The number of sulfonamides is 1. The van der Waals surface area contributed by atoms with Crippen LogP contribution in [0.3, 0.4) is 0 Å². The van der Waals surface area contributed by atoms with E-state index >= 15 is 0 Å². The first-order chi connectivity index (χ1) is 7.94. The summed E-state index contributed by atoms with van der Waals surface area (Å²) in [5.41, 5.74) is 0. The number of hydrogen-bond acceptors (Lipinski definition) is 3. The molecule has 0 aromatic carbocycles. The maximum absolute atomic E-state index is 11.8. The first kappa shape index (κ1) is 14.9. The summed E-state index contributed by atoms with van der Waals surface area (Å²) in [5, 5.41) is 3.04. The van der Waals surface area contributed by atoms with Gasteiger partial charge in [0.1, 0.15) is 0 Å². The molecule has 1 rings (SSSR count). The molecule has 5 heteroatoms. The van der Waals surface area contributed by atoms with Crippen LogP contribution in [0.25, 0.3) is 0 Å².